The van der Waals surface area contributed by atoms with Crippen molar-refractivity contribution in [2.45, 2.75) is 44.1 Å². The zero-order chi connectivity index (χ0) is 22.8. The Kier molecular flexibility index (Phi) is 6.26. The third-order valence-electron chi connectivity index (χ3n) is 7.67. The normalized spacial score (nSPS) is 24.4. The van der Waals surface area contributed by atoms with Gasteiger partial charge < -0.3 is 19.7 Å². The van der Waals surface area contributed by atoms with Crippen LogP contribution in [0, 0.1) is 11.8 Å². The first-order valence-electron chi connectivity index (χ1n) is 12.3. The number of benzene rings is 2. The summed E-state index contributed by atoms with van der Waals surface area (Å²) in [4.78, 5) is 10.5. The molecule has 3 aromatic rings. The molecule has 0 spiro atoms. The molecule has 174 valence electrons. The van der Waals surface area contributed by atoms with Gasteiger partial charge in [0.05, 0.1) is 23.7 Å². The van der Waals surface area contributed by atoms with Crippen molar-refractivity contribution >= 4 is 16.6 Å². The number of fused-ring (bicyclic) bond motifs is 3. The van der Waals surface area contributed by atoms with Crippen molar-refractivity contribution in [3.63, 3.8) is 0 Å². The molecular weight excluding hydrogens is 410 g/mol. The van der Waals surface area contributed by atoms with Gasteiger partial charge in [-0.25, -0.2) is 4.98 Å². The van der Waals surface area contributed by atoms with Crippen LogP contribution in [0.1, 0.15) is 43.5 Å². The number of allylic oxidation sites excluding steroid dienone is 1. The molecule has 6 rings (SSSR count). The van der Waals surface area contributed by atoms with E-state index in [1.54, 1.807) is 7.11 Å². The van der Waals surface area contributed by atoms with Gasteiger partial charge in [0.2, 0.25) is 0 Å². The zero-order valence-corrected chi connectivity index (χ0v) is 19.8. The van der Waals surface area contributed by atoms with Crippen LogP contribution < -0.4 is 4.74 Å². The number of H-pyrrole nitrogens is 1. The molecule has 2 N–H and O–H groups in total. The van der Waals surface area contributed by atoms with Crippen LogP contribution in [-0.4, -0.2) is 52.8 Å². The number of aromatic amines is 1. The van der Waals surface area contributed by atoms with Gasteiger partial charge in [0.15, 0.2) is 0 Å². The molecule has 0 unspecified atom stereocenters. The van der Waals surface area contributed by atoms with Crippen LogP contribution >= 0.6 is 0 Å². The van der Waals surface area contributed by atoms with E-state index in [2.05, 4.69) is 46.2 Å². The number of hydrogen-bond donors (Lipinski definition) is 2. The number of nitrogens with zero attached hydrogens (tertiary/aromatic N) is 2. The summed E-state index contributed by atoms with van der Waals surface area (Å²) in [5, 5.41) is 11.6. The van der Waals surface area contributed by atoms with Crippen molar-refractivity contribution in [3.8, 4) is 5.75 Å². The summed E-state index contributed by atoms with van der Waals surface area (Å²) in [5.74, 6) is 2.63. The second kappa shape index (κ2) is 9.32. The first-order valence-corrected chi connectivity index (χ1v) is 12.3. The number of aromatic nitrogens is 2. The molecule has 3 aliphatic carbocycles. The van der Waals surface area contributed by atoms with Gasteiger partial charge in [0.25, 0.3) is 0 Å². The number of aryl methyl sites for hydroxylation is 1. The fourth-order valence-electron chi connectivity index (χ4n) is 5.80. The predicted molar refractivity (Wildman–Crippen MR) is 133 cm³/mol. The lowest BCUT2D eigenvalue weighted by Crippen LogP contribution is -2.48. The molecule has 3 atom stereocenters. The average molecular weight is 446 g/mol. The van der Waals surface area contributed by atoms with Gasteiger partial charge in [0, 0.05) is 24.4 Å². The van der Waals surface area contributed by atoms with Gasteiger partial charge in [0.1, 0.15) is 11.6 Å². The van der Waals surface area contributed by atoms with E-state index in [0.717, 1.165) is 74.2 Å². The van der Waals surface area contributed by atoms with Crippen LogP contribution in [0.4, 0.5) is 0 Å². The number of para-hydroxylation sites is 3. The molecule has 1 saturated carbocycles. The monoisotopic (exact) mass is 445 g/mol. The van der Waals surface area contributed by atoms with Crippen molar-refractivity contribution in [3.05, 3.63) is 66.0 Å². The van der Waals surface area contributed by atoms with Crippen LogP contribution in [0.3, 0.4) is 0 Å². The summed E-state index contributed by atoms with van der Waals surface area (Å²) < 4.78 is 5.61. The van der Waals surface area contributed by atoms with E-state index in [1.807, 2.05) is 30.3 Å². The van der Waals surface area contributed by atoms with E-state index in [4.69, 9.17) is 4.74 Å². The molecule has 0 aliphatic heterocycles. The number of rotatable bonds is 9. The fraction of sp³-hybridized carbons (Fsp3) is 0.464. The number of nitrogens with one attached hydrogen (secondary N) is 1. The summed E-state index contributed by atoms with van der Waals surface area (Å²) in [7, 11) is 3.90. The predicted octanol–water partition coefficient (Wildman–Crippen LogP) is 5.07. The zero-order valence-electron chi connectivity index (χ0n) is 19.8. The molecule has 33 heavy (non-hydrogen) atoms. The Labute approximate surface area is 196 Å². The van der Waals surface area contributed by atoms with Gasteiger partial charge in [-0.2, -0.15) is 0 Å². The van der Waals surface area contributed by atoms with Crippen LogP contribution in [-0.2, 0) is 6.42 Å². The molecule has 1 fully saturated rings. The van der Waals surface area contributed by atoms with Gasteiger partial charge in [-0.05, 0) is 75.4 Å². The number of ether oxygens (including phenoxy) is 1. The standard InChI is InChI=1S/C28H35N3O2/c1-31(16-7-12-27-29-24-9-4-5-10-25(24)30-27)17-15-28(32)19-20-13-14-21(28)18-23(20)22-8-3-6-11-26(22)33-2/h3-6,8-11,18,20-21,32H,7,12-17,19H2,1-2H3,(H,29,30)/t20-,21+,28+/m1/s1. The summed E-state index contributed by atoms with van der Waals surface area (Å²) in [6, 6.07) is 16.5. The number of aliphatic hydroxyl groups is 1. The Morgan fingerprint density at radius 1 is 1.12 bits per heavy atom. The van der Waals surface area contributed by atoms with Gasteiger partial charge in [-0.15, -0.1) is 0 Å². The highest BCUT2D eigenvalue weighted by atomic mass is 16.5. The van der Waals surface area contributed by atoms with Crippen LogP contribution in [0.15, 0.2) is 54.6 Å². The van der Waals surface area contributed by atoms with Crippen molar-refractivity contribution in [1.29, 1.82) is 0 Å². The average Bonchev–Trinajstić information content (AvgIpc) is 3.26. The maximum Gasteiger partial charge on any atom is 0.126 e. The Bertz CT molecular complexity index is 1100. The number of methoxy groups -OCH3 is 1. The van der Waals surface area contributed by atoms with E-state index >= 15 is 0 Å². The van der Waals surface area contributed by atoms with E-state index in [9.17, 15) is 5.11 Å². The van der Waals surface area contributed by atoms with E-state index in [1.165, 1.54) is 11.1 Å². The summed E-state index contributed by atoms with van der Waals surface area (Å²) in [6.07, 6.45) is 8.26. The second-order valence-corrected chi connectivity index (χ2v) is 9.87. The van der Waals surface area contributed by atoms with Crippen molar-refractivity contribution < 1.29 is 9.84 Å². The first-order chi connectivity index (χ1) is 16.1. The lowest BCUT2D eigenvalue weighted by molar-refractivity contribution is -0.0574. The Hall–Kier alpha value is -2.63. The smallest absolute Gasteiger partial charge is 0.126 e. The second-order valence-electron chi connectivity index (χ2n) is 9.87. The molecule has 1 heterocycles. The van der Waals surface area contributed by atoms with E-state index in [-0.39, 0.29) is 5.92 Å². The molecule has 2 bridgehead atoms. The Morgan fingerprint density at radius 3 is 2.73 bits per heavy atom. The third-order valence-corrected chi connectivity index (χ3v) is 7.67. The maximum absolute atomic E-state index is 11.6. The minimum atomic E-state index is -0.596. The molecule has 5 nitrogen and oxygen atoms in total. The third kappa shape index (κ3) is 4.57. The minimum absolute atomic E-state index is 0.228. The van der Waals surface area contributed by atoms with Crippen molar-refractivity contribution in [2.24, 2.45) is 11.8 Å². The van der Waals surface area contributed by atoms with Crippen LogP contribution in [0.5, 0.6) is 5.75 Å². The van der Waals surface area contributed by atoms with Crippen molar-refractivity contribution in [2.75, 3.05) is 27.2 Å². The molecule has 1 aromatic heterocycles. The molecule has 0 saturated heterocycles. The number of imidazole rings is 1. The maximum atomic E-state index is 11.6. The lowest BCUT2D eigenvalue weighted by Gasteiger charge is -2.48. The van der Waals surface area contributed by atoms with Gasteiger partial charge in [-0.1, -0.05) is 36.4 Å². The first kappa shape index (κ1) is 22.2. The highest BCUT2D eigenvalue weighted by molar-refractivity contribution is 5.75. The van der Waals surface area contributed by atoms with Crippen molar-refractivity contribution in [1.82, 2.24) is 14.9 Å². The topological polar surface area (TPSA) is 61.4 Å². The Morgan fingerprint density at radius 2 is 1.94 bits per heavy atom. The SMILES string of the molecule is COc1ccccc1C1=C[C@@H]2CC[C@@H]1C[C@@]2(O)CCN(C)CCCc1nc2ccccc2[nH]1. The molecule has 2 aromatic carbocycles. The van der Waals surface area contributed by atoms with Gasteiger partial charge >= 0.3 is 0 Å². The summed E-state index contributed by atoms with van der Waals surface area (Å²) in [5.41, 5.74) is 4.11. The summed E-state index contributed by atoms with van der Waals surface area (Å²) >= 11 is 0. The van der Waals surface area contributed by atoms with E-state index in [0.29, 0.717) is 5.92 Å². The van der Waals surface area contributed by atoms with Crippen LogP contribution in [0.25, 0.3) is 16.6 Å². The summed E-state index contributed by atoms with van der Waals surface area (Å²) in [6.45, 7) is 1.92. The Balaban J connectivity index is 1.16. The highest BCUT2D eigenvalue weighted by Gasteiger charge is 2.46. The molecule has 3 aliphatic rings. The van der Waals surface area contributed by atoms with Gasteiger partial charge in [-0.3, -0.25) is 0 Å². The van der Waals surface area contributed by atoms with E-state index < -0.39 is 5.60 Å². The molecular formula is C28H35N3O2. The lowest BCUT2D eigenvalue weighted by atomic mass is 9.61. The molecule has 0 radical (unpaired) electrons. The molecule has 0 amide bonds. The number of hydrogen-bond acceptors (Lipinski definition) is 4. The molecule has 5 heteroatoms. The quantitative estimate of drug-likeness (QED) is 0.483. The van der Waals surface area contributed by atoms with Crippen LogP contribution in [0.2, 0.25) is 0 Å². The largest absolute Gasteiger partial charge is 0.496 e. The highest BCUT2D eigenvalue weighted by Crippen LogP contribution is 2.52. The fourth-order valence-corrected chi connectivity index (χ4v) is 5.80. The minimum Gasteiger partial charge on any atom is -0.496 e.